The average molecular weight is 224 g/mol. The molecule has 16 heavy (non-hydrogen) atoms. The summed E-state index contributed by atoms with van der Waals surface area (Å²) in [6, 6.07) is 0. The van der Waals surface area contributed by atoms with Crippen molar-refractivity contribution in [1.82, 2.24) is 0 Å². The molecule has 1 saturated heterocycles. The van der Waals surface area contributed by atoms with Gasteiger partial charge in [0.25, 0.3) is 0 Å². The molecule has 0 radical (unpaired) electrons. The molecule has 0 amide bonds. The van der Waals surface area contributed by atoms with E-state index in [9.17, 15) is 4.79 Å². The van der Waals surface area contributed by atoms with E-state index in [-0.39, 0.29) is 17.5 Å². The molecular weight excluding hydrogens is 200 g/mol. The Morgan fingerprint density at radius 3 is 2.56 bits per heavy atom. The first kappa shape index (κ1) is 11.9. The minimum atomic E-state index is -0.0124. The lowest BCUT2D eigenvalue weighted by atomic mass is 9.70. The highest BCUT2D eigenvalue weighted by Crippen LogP contribution is 2.47. The Bertz CT molecular complexity index is 241. The molecule has 0 unspecified atom stereocenters. The Hall–Kier alpha value is -0.530. The molecule has 2 aliphatic rings. The van der Waals surface area contributed by atoms with Crippen molar-refractivity contribution in [2.24, 2.45) is 5.92 Å². The van der Waals surface area contributed by atoms with Crippen LogP contribution in [-0.2, 0) is 9.53 Å². The fraction of sp³-hybridized carbons (Fsp3) is 0.929. The van der Waals surface area contributed by atoms with Crippen molar-refractivity contribution in [2.45, 2.75) is 76.7 Å². The lowest BCUT2D eigenvalue weighted by Gasteiger charge is -2.50. The second kappa shape index (κ2) is 5.20. The van der Waals surface area contributed by atoms with Gasteiger partial charge in [-0.25, -0.2) is 0 Å². The van der Waals surface area contributed by atoms with Crippen LogP contribution in [0.3, 0.4) is 0 Å². The fourth-order valence-corrected chi connectivity index (χ4v) is 3.26. The van der Waals surface area contributed by atoms with E-state index in [4.69, 9.17) is 4.74 Å². The normalized spacial score (nSPS) is 27.6. The van der Waals surface area contributed by atoms with Crippen molar-refractivity contribution in [3.8, 4) is 0 Å². The van der Waals surface area contributed by atoms with Gasteiger partial charge in [-0.3, -0.25) is 4.79 Å². The summed E-state index contributed by atoms with van der Waals surface area (Å²) in [6.45, 7) is 2.22. The average Bonchev–Trinajstić information content (AvgIpc) is 2.30. The molecule has 1 aliphatic carbocycles. The zero-order valence-corrected chi connectivity index (χ0v) is 10.5. The van der Waals surface area contributed by atoms with Crippen LogP contribution >= 0.6 is 0 Å². The quantitative estimate of drug-likeness (QED) is 0.524. The van der Waals surface area contributed by atoms with Gasteiger partial charge in [0.1, 0.15) is 5.60 Å². The molecule has 0 aromatic rings. The third-order valence-corrected chi connectivity index (χ3v) is 4.27. The van der Waals surface area contributed by atoms with Gasteiger partial charge in [0.05, 0.1) is 5.92 Å². The van der Waals surface area contributed by atoms with Crippen molar-refractivity contribution < 1.29 is 9.53 Å². The predicted molar refractivity (Wildman–Crippen MR) is 64.2 cm³/mol. The summed E-state index contributed by atoms with van der Waals surface area (Å²) in [6.07, 6.45) is 12.2. The number of unbranched alkanes of at least 4 members (excludes halogenated alkanes) is 3. The van der Waals surface area contributed by atoms with E-state index in [2.05, 4.69) is 6.92 Å². The van der Waals surface area contributed by atoms with E-state index >= 15 is 0 Å². The van der Waals surface area contributed by atoms with Gasteiger partial charge in [0.15, 0.2) is 0 Å². The van der Waals surface area contributed by atoms with Crippen molar-refractivity contribution in [1.29, 1.82) is 0 Å². The van der Waals surface area contributed by atoms with Gasteiger partial charge in [-0.15, -0.1) is 0 Å². The van der Waals surface area contributed by atoms with E-state index in [1.807, 2.05) is 0 Å². The van der Waals surface area contributed by atoms with Crippen LogP contribution in [0.4, 0.5) is 0 Å². The first-order valence-electron chi connectivity index (χ1n) is 7.01. The molecule has 2 rings (SSSR count). The Kier molecular flexibility index (Phi) is 3.88. The monoisotopic (exact) mass is 224 g/mol. The number of rotatable bonds is 5. The minimum absolute atomic E-state index is 0.0124. The summed E-state index contributed by atoms with van der Waals surface area (Å²) >= 11 is 0. The zero-order chi connectivity index (χ0) is 11.4. The molecule has 1 heterocycles. The summed E-state index contributed by atoms with van der Waals surface area (Å²) in [4.78, 5) is 11.5. The molecule has 0 aromatic heterocycles. The maximum Gasteiger partial charge on any atom is 0.313 e. The smallest absolute Gasteiger partial charge is 0.313 e. The highest BCUT2D eigenvalue weighted by atomic mass is 16.6. The SMILES string of the molecule is CCCCCC[C@@H]1C(=O)OC12CCCCC2. The van der Waals surface area contributed by atoms with Crippen LogP contribution in [0, 0.1) is 5.92 Å². The molecule has 2 nitrogen and oxygen atoms in total. The number of ether oxygens (including phenoxy) is 1. The van der Waals surface area contributed by atoms with Crippen molar-refractivity contribution in [3.05, 3.63) is 0 Å². The zero-order valence-electron chi connectivity index (χ0n) is 10.5. The van der Waals surface area contributed by atoms with Crippen molar-refractivity contribution in [3.63, 3.8) is 0 Å². The van der Waals surface area contributed by atoms with Gasteiger partial charge in [-0.05, 0) is 32.1 Å². The molecule has 1 spiro atoms. The molecule has 2 heteroatoms. The molecular formula is C14H24O2. The Morgan fingerprint density at radius 1 is 1.19 bits per heavy atom. The molecule has 1 atom stereocenters. The van der Waals surface area contributed by atoms with E-state index in [1.54, 1.807) is 0 Å². The topological polar surface area (TPSA) is 26.3 Å². The number of carbonyl (C=O) groups excluding carboxylic acids is 1. The van der Waals surface area contributed by atoms with Crippen LogP contribution in [-0.4, -0.2) is 11.6 Å². The van der Waals surface area contributed by atoms with Crippen LogP contribution in [0.2, 0.25) is 0 Å². The number of carbonyl (C=O) groups is 1. The third kappa shape index (κ3) is 2.26. The molecule has 1 aliphatic heterocycles. The van der Waals surface area contributed by atoms with Gasteiger partial charge in [-0.2, -0.15) is 0 Å². The van der Waals surface area contributed by atoms with Gasteiger partial charge in [0.2, 0.25) is 0 Å². The fourth-order valence-electron chi connectivity index (χ4n) is 3.26. The molecule has 2 fully saturated rings. The predicted octanol–water partition coefficient (Wildman–Crippen LogP) is 3.83. The Morgan fingerprint density at radius 2 is 1.94 bits per heavy atom. The van der Waals surface area contributed by atoms with Crippen LogP contribution in [0.1, 0.15) is 71.1 Å². The molecule has 0 aromatic carbocycles. The van der Waals surface area contributed by atoms with E-state index < -0.39 is 0 Å². The standard InChI is InChI=1S/C14H24O2/c1-2-3-4-6-9-12-13(15)16-14(12)10-7-5-8-11-14/h12H,2-11H2,1H3/t12-/m1/s1. The first-order valence-corrected chi connectivity index (χ1v) is 7.01. The highest BCUT2D eigenvalue weighted by Gasteiger charge is 2.55. The Labute approximate surface area is 98.7 Å². The molecule has 92 valence electrons. The summed E-state index contributed by atoms with van der Waals surface area (Å²) in [7, 11) is 0. The van der Waals surface area contributed by atoms with Gasteiger partial charge >= 0.3 is 5.97 Å². The number of hydrogen-bond donors (Lipinski definition) is 0. The van der Waals surface area contributed by atoms with Gasteiger partial charge in [-0.1, -0.05) is 39.0 Å². The maximum absolute atomic E-state index is 11.5. The van der Waals surface area contributed by atoms with Crippen LogP contribution in [0.15, 0.2) is 0 Å². The van der Waals surface area contributed by atoms with E-state index in [1.165, 1.54) is 44.9 Å². The first-order chi connectivity index (χ1) is 7.78. The maximum atomic E-state index is 11.5. The number of hydrogen-bond acceptors (Lipinski definition) is 2. The molecule has 0 N–H and O–H groups in total. The second-order valence-electron chi connectivity index (χ2n) is 5.45. The van der Waals surface area contributed by atoms with Gasteiger partial charge in [0, 0.05) is 0 Å². The van der Waals surface area contributed by atoms with Crippen LogP contribution in [0.5, 0.6) is 0 Å². The van der Waals surface area contributed by atoms with Crippen molar-refractivity contribution in [2.75, 3.05) is 0 Å². The summed E-state index contributed by atoms with van der Waals surface area (Å²) < 4.78 is 5.50. The molecule has 0 bridgehead atoms. The second-order valence-corrected chi connectivity index (χ2v) is 5.45. The van der Waals surface area contributed by atoms with E-state index in [0.29, 0.717) is 0 Å². The van der Waals surface area contributed by atoms with Gasteiger partial charge < -0.3 is 4.74 Å². The van der Waals surface area contributed by atoms with E-state index in [0.717, 1.165) is 19.3 Å². The summed E-state index contributed by atoms with van der Waals surface area (Å²) in [5.41, 5.74) is -0.0124. The highest BCUT2D eigenvalue weighted by molar-refractivity contribution is 5.80. The largest absolute Gasteiger partial charge is 0.458 e. The third-order valence-electron chi connectivity index (χ3n) is 4.27. The Balaban J connectivity index is 1.79. The summed E-state index contributed by atoms with van der Waals surface area (Å²) in [5, 5.41) is 0. The summed E-state index contributed by atoms with van der Waals surface area (Å²) in [5.74, 6) is 0.322. The lowest BCUT2D eigenvalue weighted by Crippen LogP contribution is -2.58. The number of esters is 1. The van der Waals surface area contributed by atoms with Crippen LogP contribution in [0.25, 0.3) is 0 Å². The van der Waals surface area contributed by atoms with Crippen molar-refractivity contribution >= 4 is 5.97 Å². The minimum Gasteiger partial charge on any atom is -0.458 e. The van der Waals surface area contributed by atoms with Crippen LogP contribution < -0.4 is 0 Å². The lowest BCUT2D eigenvalue weighted by molar-refractivity contribution is -0.221. The molecule has 1 saturated carbocycles.